The first-order valence-electron chi connectivity index (χ1n) is 4.58. The monoisotopic (exact) mass is 251 g/mol. The molecule has 0 fully saturated rings. The highest BCUT2D eigenvalue weighted by atomic mass is 16.4. The van der Waals surface area contributed by atoms with E-state index in [0.29, 0.717) is 0 Å². The van der Waals surface area contributed by atoms with Crippen molar-refractivity contribution >= 4 is 17.8 Å². The molecule has 0 aromatic heterocycles. The van der Waals surface area contributed by atoms with Crippen molar-refractivity contribution in [3.05, 3.63) is 0 Å². The average Bonchev–Trinajstić information content (AvgIpc) is 2.17. The zero-order chi connectivity index (χ0) is 14.0. The van der Waals surface area contributed by atoms with Crippen molar-refractivity contribution in [2.75, 3.05) is 6.61 Å². The molecule has 0 aromatic carbocycles. The lowest BCUT2D eigenvalue weighted by Gasteiger charge is -2.00. The van der Waals surface area contributed by atoms with Crippen molar-refractivity contribution in [2.24, 2.45) is 17.2 Å². The number of hydrogen-bond acceptors (Lipinski definition) is 6. The van der Waals surface area contributed by atoms with Crippen LogP contribution >= 0.6 is 0 Å². The molecule has 0 aliphatic rings. The van der Waals surface area contributed by atoms with Crippen LogP contribution in [-0.2, 0) is 14.4 Å². The number of aliphatic carboxylic acids is 2. The van der Waals surface area contributed by atoms with Crippen LogP contribution in [-0.4, -0.2) is 51.9 Å². The quantitative estimate of drug-likeness (QED) is 0.288. The molecule has 0 radical (unpaired) electrons. The van der Waals surface area contributed by atoms with Crippen molar-refractivity contribution in [2.45, 2.75) is 24.9 Å². The van der Waals surface area contributed by atoms with E-state index in [1.165, 1.54) is 0 Å². The molecule has 9 N–H and O–H groups in total. The van der Waals surface area contributed by atoms with E-state index in [1.807, 2.05) is 0 Å². The lowest BCUT2D eigenvalue weighted by Crippen LogP contribution is -2.34. The van der Waals surface area contributed by atoms with Crippen molar-refractivity contribution in [3.8, 4) is 0 Å². The zero-order valence-electron chi connectivity index (χ0n) is 9.07. The van der Waals surface area contributed by atoms with E-state index in [1.54, 1.807) is 0 Å². The van der Waals surface area contributed by atoms with Crippen LogP contribution in [0, 0.1) is 0 Å². The maximum Gasteiger partial charge on any atom is 0.321 e. The van der Waals surface area contributed by atoms with Crippen molar-refractivity contribution < 1.29 is 29.7 Å². The third kappa shape index (κ3) is 12.2. The second-order valence-corrected chi connectivity index (χ2v) is 3.07. The number of primary amides is 1. The fraction of sp³-hybridized carbons (Fsp3) is 0.625. The van der Waals surface area contributed by atoms with E-state index in [9.17, 15) is 14.4 Å². The Balaban J connectivity index is 0. The highest BCUT2D eigenvalue weighted by molar-refractivity contribution is 5.83. The predicted octanol–water partition coefficient (Wildman–Crippen LogP) is -2.95. The first-order valence-corrected chi connectivity index (χ1v) is 4.58. The van der Waals surface area contributed by atoms with E-state index in [0.717, 1.165) is 0 Å². The molecule has 9 nitrogen and oxygen atoms in total. The van der Waals surface area contributed by atoms with Gasteiger partial charge in [0.05, 0.1) is 6.42 Å². The van der Waals surface area contributed by atoms with Gasteiger partial charge < -0.3 is 32.5 Å². The Hall–Kier alpha value is -1.71. The number of hydrogen-bond donors (Lipinski definition) is 6. The van der Waals surface area contributed by atoms with Gasteiger partial charge in [-0.25, -0.2) is 0 Å². The SMILES string of the molecule is NC(=O)C[C@H](N)C(=O)O.N[C@@H](CCO)C(=O)O. The molecule has 0 spiro atoms. The summed E-state index contributed by atoms with van der Waals surface area (Å²) in [6.45, 7) is -0.173. The normalized spacial score (nSPS) is 12.9. The lowest BCUT2D eigenvalue weighted by atomic mass is 10.2. The Kier molecular flexibility index (Phi) is 9.89. The van der Waals surface area contributed by atoms with E-state index in [2.05, 4.69) is 5.73 Å². The number of aliphatic hydroxyl groups is 1. The Bertz CT molecular complexity index is 270. The summed E-state index contributed by atoms with van der Waals surface area (Å²) in [6, 6.07) is -2.08. The van der Waals surface area contributed by atoms with Crippen molar-refractivity contribution in [3.63, 3.8) is 0 Å². The smallest absolute Gasteiger partial charge is 0.321 e. The highest BCUT2D eigenvalue weighted by Gasteiger charge is 2.13. The summed E-state index contributed by atoms with van der Waals surface area (Å²) < 4.78 is 0. The Labute approximate surface area is 97.2 Å². The topological polar surface area (TPSA) is 190 Å². The van der Waals surface area contributed by atoms with Gasteiger partial charge in [-0.2, -0.15) is 0 Å². The minimum atomic E-state index is -1.21. The first kappa shape index (κ1) is 17.7. The molecular weight excluding hydrogens is 234 g/mol. The number of amides is 1. The number of carbonyl (C=O) groups excluding carboxylic acids is 1. The van der Waals surface area contributed by atoms with Crippen LogP contribution in [0.15, 0.2) is 0 Å². The van der Waals surface area contributed by atoms with Gasteiger partial charge in [-0.15, -0.1) is 0 Å². The molecule has 1 amide bonds. The Morgan fingerprint density at radius 3 is 1.53 bits per heavy atom. The van der Waals surface area contributed by atoms with Gasteiger partial charge in [0.15, 0.2) is 0 Å². The summed E-state index contributed by atoms with van der Waals surface area (Å²) >= 11 is 0. The molecule has 100 valence electrons. The van der Waals surface area contributed by atoms with Crippen LogP contribution in [0.2, 0.25) is 0 Å². The van der Waals surface area contributed by atoms with Gasteiger partial charge in [-0.05, 0) is 6.42 Å². The van der Waals surface area contributed by atoms with Gasteiger partial charge in [0.1, 0.15) is 12.1 Å². The van der Waals surface area contributed by atoms with Crippen LogP contribution in [0.1, 0.15) is 12.8 Å². The molecular formula is C8H17N3O6. The standard InChI is InChI=1S/C4H8N2O3.C4H9NO3/c5-2(4(8)9)1-3(6)7;5-3(1-2-6)4(7)8/h2H,1,5H2,(H2,6,7)(H,8,9);3,6H,1-2,5H2,(H,7,8)/t2-;3-/m00/s1. The molecule has 0 rings (SSSR count). The molecule has 2 atom stereocenters. The van der Waals surface area contributed by atoms with Crippen molar-refractivity contribution in [1.82, 2.24) is 0 Å². The third-order valence-electron chi connectivity index (χ3n) is 1.50. The average molecular weight is 251 g/mol. The van der Waals surface area contributed by atoms with Gasteiger partial charge in [-0.3, -0.25) is 14.4 Å². The molecule has 17 heavy (non-hydrogen) atoms. The second-order valence-electron chi connectivity index (χ2n) is 3.07. The van der Waals surface area contributed by atoms with Crippen LogP contribution < -0.4 is 17.2 Å². The summed E-state index contributed by atoms with van der Waals surface area (Å²) in [6.07, 6.45) is -0.190. The molecule has 0 aliphatic carbocycles. The van der Waals surface area contributed by atoms with Gasteiger partial charge in [-0.1, -0.05) is 0 Å². The lowest BCUT2D eigenvalue weighted by molar-refractivity contribution is -0.140. The Morgan fingerprint density at radius 1 is 1.00 bits per heavy atom. The fourth-order valence-corrected chi connectivity index (χ4v) is 0.567. The van der Waals surface area contributed by atoms with E-state index >= 15 is 0 Å². The van der Waals surface area contributed by atoms with E-state index in [4.69, 9.17) is 26.8 Å². The molecule has 9 heteroatoms. The van der Waals surface area contributed by atoms with Gasteiger partial charge >= 0.3 is 11.9 Å². The molecule has 0 aliphatic heterocycles. The van der Waals surface area contributed by atoms with E-state index < -0.39 is 29.9 Å². The van der Waals surface area contributed by atoms with Crippen LogP contribution in [0.4, 0.5) is 0 Å². The van der Waals surface area contributed by atoms with Crippen molar-refractivity contribution in [1.29, 1.82) is 0 Å². The molecule has 0 saturated heterocycles. The summed E-state index contributed by atoms with van der Waals surface area (Å²) in [4.78, 5) is 29.7. The summed E-state index contributed by atoms with van der Waals surface area (Å²) in [7, 11) is 0. The zero-order valence-corrected chi connectivity index (χ0v) is 9.07. The highest BCUT2D eigenvalue weighted by Crippen LogP contribution is 1.84. The minimum Gasteiger partial charge on any atom is -0.480 e. The number of carboxylic acid groups (broad SMARTS) is 2. The van der Waals surface area contributed by atoms with Crippen LogP contribution in [0.5, 0.6) is 0 Å². The first-order chi connectivity index (χ1) is 7.72. The molecule has 0 heterocycles. The summed E-state index contributed by atoms with van der Waals surface area (Å²) in [5.41, 5.74) is 14.5. The number of aliphatic hydroxyl groups excluding tert-OH is 1. The third-order valence-corrected chi connectivity index (χ3v) is 1.50. The van der Waals surface area contributed by atoms with Crippen LogP contribution in [0.25, 0.3) is 0 Å². The number of rotatable bonds is 6. The fourth-order valence-electron chi connectivity index (χ4n) is 0.567. The Morgan fingerprint density at radius 2 is 1.41 bits per heavy atom. The second kappa shape index (κ2) is 9.51. The number of carboxylic acids is 2. The largest absolute Gasteiger partial charge is 0.480 e. The van der Waals surface area contributed by atoms with E-state index in [-0.39, 0.29) is 19.4 Å². The summed E-state index contributed by atoms with van der Waals surface area (Å²) in [5.74, 6) is -2.99. The minimum absolute atomic E-state index is 0.120. The molecule has 0 saturated carbocycles. The maximum absolute atomic E-state index is 9.99. The van der Waals surface area contributed by atoms with Gasteiger partial charge in [0.25, 0.3) is 0 Å². The van der Waals surface area contributed by atoms with Crippen LogP contribution in [0.3, 0.4) is 0 Å². The van der Waals surface area contributed by atoms with Gasteiger partial charge in [0.2, 0.25) is 5.91 Å². The number of carbonyl (C=O) groups is 3. The maximum atomic E-state index is 9.99. The molecule has 0 bridgehead atoms. The molecule has 0 aromatic rings. The predicted molar refractivity (Wildman–Crippen MR) is 56.7 cm³/mol. The number of nitrogens with two attached hydrogens (primary N) is 3. The summed E-state index contributed by atoms with van der Waals surface area (Å²) in [5, 5.41) is 24.3. The molecule has 0 unspecified atom stereocenters. The van der Waals surface area contributed by atoms with Gasteiger partial charge in [0, 0.05) is 6.61 Å².